The zero-order valence-electron chi connectivity index (χ0n) is 27.8. The minimum atomic E-state index is -0.559. The molecule has 0 bridgehead atoms. The highest BCUT2D eigenvalue weighted by atomic mass is 16.6. The molecular weight excluding hydrogens is 572 g/mol. The second-order valence-corrected chi connectivity index (χ2v) is 13.3. The van der Waals surface area contributed by atoms with Gasteiger partial charge in [0.15, 0.2) is 0 Å². The molecule has 7 nitrogen and oxygen atoms in total. The zero-order chi connectivity index (χ0) is 32.3. The number of hydrogen-bond acceptors (Lipinski definition) is 6. The van der Waals surface area contributed by atoms with Crippen molar-refractivity contribution in [3.63, 3.8) is 0 Å². The van der Waals surface area contributed by atoms with Gasteiger partial charge in [0.1, 0.15) is 29.3 Å². The Kier molecular flexibility index (Phi) is 9.43. The smallest absolute Gasteiger partial charge is 0.339 e. The van der Waals surface area contributed by atoms with Crippen LogP contribution in [0.25, 0.3) is 22.2 Å². The van der Waals surface area contributed by atoms with Gasteiger partial charge in [-0.2, -0.15) is 0 Å². The van der Waals surface area contributed by atoms with Gasteiger partial charge in [0.05, 0.1) is 11.1 Å². The maximum absolute atomic E-state index is 13.0. The second kappa shape index (κ2) is 13.7. The maximum atomic E-state index is 13.0. The SMILES string of the molecule is CCCCc1nc2c(C)ccc(OCCN3CNC4C=CC=CC43)c2n1Cc1ccc(-c2ccccc2C(=O)OC(C)(C)C)cc1. The van der Waals surface area contributed by atoms with Crippen LogP contribution in [0.5, 0.6) is 5.75 Å². The maximum Gasteiger partial charge on any atom is 0.339 e. The van der Waals surface area contributed by atoms with Crippen molar-refractivity contribution in [2.24, 2.45) is 0 Å². The third-order valence-electron chi connectivity index (χ3n) is 8.74. The average molecular weight is 619 g/mol. The number of imidazole rings is 1. The minimum absolute atomic E-state index is 0.312. The van der Waals surface area contributed by atoms with E-state index in [1.165, 1.54) is 0 Å². The molecule has 1 fully saturated rings. The van der Waals surface area contributed by atoms with E-state index in [0.29, 0.717) is 30.8 Å². The summed E-state index contributed by atoms with van der Waals surface area (Å²) in [5, 5.41) is 3.58. The van der Waals surface area contributed by atoms with Crippen LogP contribution in [0.3, 0.4) is 0 Å². The van der Waals surface area contributed by atoms with Gasteiger partial charge in [-0.1, -0.05) is 86.2 Å². The average Bonchev–Trinajstić information content (AvgIpc) is 3.63. The predicted octanol–water partition coefficient (Wildman–Crippen LogP) is 7.46. The fraction of sp³-hybridized carbons (Fsp3) is 0.385. The van der Waals surface area contributed by atoms with Gasteiger partial charge in [0.2, 0.25) is 0 Å². The number of nitrogens with one attached hydrogen (secondary N) is 1. The van der Waals surface area contributed by atoms with Crippen molar-refractivity contribution in [1.29, 1.82) is 0 Å². The molecule has 1 aliphatic carbocycles. The molecule has 1 saturated heterocycles. The monoisotopic (exact) mass is 618 g/mol. The molecule has 0 amide bonds. The lowest BCUT2D eigenvalue weighted by Gasteiger charge is -2.24. The van der Waals surface area contributed by atoms with Crippen LogP contribution < -0.4 is 10.1 Å². The Bertz CT molecular complexity index is 1750. The summed E-state index contributed by atoms with van der Waals surface area (Å²) < 4.78 is 14.6. The van der Waals surface area contributed by atoms with Crippen molar-refractivity contribution >= 4 is 17.0 Å². The first-order valence-corrected chi connectivity index (χ1v) is 16.6. The van der Waals surface area contributed by atoms with Crippen LogP contribution in [0.1, 0.15) is 67.8 Å². The largest absolute Gasteiger partial charge is 0.490 e. The summed E-state index contributed by atoms with van der Waals surface area (Å²) in [6.45, 7) is 13.0. The number of carbonyl (C=O) groups is 1. The summed E-state index contributed by atoms with van der Waals surface area (Å²) in [4.78, 5) is 20.6. The van der Waals surface area contributed by atoms with Crippen molar-refractivity contribution in [3.8, 4) is 16.9 Å². The van der Waals surface area contributed by atoms with Crippen molar-refractivity contribution in [2.45, 2.75) is 78.1 Å². The molecule has 0 radical (unpaired) electrons. The van der Waals surface area contributed by atoms with E-state index in [-0.39, 0.29) is 5.97 Å². The van der Waals surface area contributed by atoms with Gasteiger partial charge in [-0.25, -0.2) is 9.78 Å². The number of allylic oxidation sites excluding steroid dienone is 2. The van der Waals surface area contributed by atoms with Crippen LogP contribution in [-0.2, 0) is 17.7 Å². The van der Waals surface area contributed by atoms with E-state index >= 15 is 0 Å². The molecule has 240 valence electrons. The Labute approximate surface area is 272 Å². The molecule has 1 aliphatic heterocycles. The normalized spacial score (nSPS) is 17.8. The number of unbranched alkanes of at least 4 members (excludes halogenated alkanes) is 1. The summed E-state index contributed by atoms with van der Waals surface area (Å²) in [5.74, 6) is 1.65. The van der Waals surface area contributed by atoms with E-state index in [2.05, 4.69) is 89.3 Å². The highest BCUT2D eigenvalue weighted by molar-refractivity contribution is 5.97. The molecule has 0 spiro atoms. The highest BCUT2D eigenvalue weighted by Crippen LogP contribution is 2.32. The summed E-state index contributed by atoms with van der Waals surface area (Å²) in [6, 6.07) is 21.1. The standard InChI is InChI=1S/C39H46N4O3/c1-6-7-16-35-41-36-27(2)17-22-34(45-24-23-42-26-40-32-14-10-11-15-33(32)42)37(36)43(35)25-28-18-20-29(21-19-28)30-12-8-9-13-31(30)38(44)46-39(3,4)5/h8-15,17-22,32-33,40H,6-7,16,23-26H2,1-5H3. The van der Waals surface area contributed by atoms with E-state index in [1.54, 1.807) is 0 Å². The van der Waals surface area contributed by atoms with Crippen LogP contribution >= 0.6 is 0 Å². The molecule has 2 heterocycles. The molecule has 7 heteroatoms. The lowest BCUT2D eigenvalue weighted by molar-refractivity contribution is 0.00704. The molecule has 46 heavy (non-hydrogen) atoms. The molecule has 1 N–H and O–H groups in total. The van der Waals surface area contributed by atoms with Crippen molar-refractivity contribution in [2.75, 3.05) is 19.8 Å². The number of aromatic nitrogens is 2. The topological polar surface area (TPSA) is 68.6 Å². The molecule has 2 aliphatic rings. The van der Waals surface area contributed by atoms with Crippen molar-refractivity contribution in [1.82, 2.24) is 19.8 Å². The van der Waals surface area contributed by atoms with Crippen LogP contribution in [0.4, 0.5) is 0 Å². The summed E-state index contributed by atoms with van der Waals surface area (Å²) >= 11 is 0. The number of ether oxygens (including phenoxy) is 2. The first kappa shape index (κ1) is 31.8. The molecule has 4 aromatic rings. The van der Waals surface area contributed by atoms with E-state index < -0.39 is 5.60 Å². The number of hydrogen-bond donors (Lipinski definition) is 1. The van der Waals surface area contributed by atoms with Gasteiger partial charge in [0.25, 0.3) is 0 Å². The van der Waals surface area contributed by atoms with E-state index in [1.807, 2.05) is 45.0 Å². The molecular formula is C39H46N4O3. The number of fused-ring (bicyclic) bond motifs is 2. The minimum Gasteiger partial charge on any atom is -0.490 e. The van der Waals surface area contributed by atoms with Crippen molar-refractivity contribution in [3.05, 3.63) is 107 Å². The fourth-order valence-corrected chi connectivity index (χ4v) is 6.38. The fourth-order valence-electron chi connectivity index (χ4n) is 6.38. The first-order chi connectivity index (χ1) is 22.2. The summed E-state index contributed by atoms with van der Waals surface area (Å²) in [6.07, 6.45) is 11.8. The number of rotatable bonds is 11. The van der Waals surface area contributed by atoms with Gasteiger partial charge in [-0.15, -0.1) is 0 Å². The Morgan fingerprint density at radius 3 is 2.59 bits per heavy atom. The van der Waals surface area contributed by atoms with Crippen molar-refractivity contribution < 1.29 is 14.3 Å². The van der Waals surface area contributed by atoms with E-state index in [0.717, 1.165) is 77.3 Å². The number of aryl methyl sites for hydroxylation is 2. The van der Waals surface area contributed by atoms with E-state index in [9.17, 15) is 4.79 Å². The number of esters is 1. The summed E-state index contributed by atoms with van der Waals surface area (Å²) in [5.41, 5.74) is 6.24. The third kappa shape index (κ3) is 6.96. The molecule has 0 saturated carbocycles. The molecule has 1 aromatic heterocycles. The third-order valence-corrected chi connectivity index (χ3v) is 8.74. The van der Waals surface area contributed by atoms with Gasteiger partial charge < -0.3 is 14.0 Å². The highest BCUT2D eigenvalue weighted by Gasteiger charge is 2.31. The van der Waals surface area contributed by atoms with Gasteiger partial charge >= 0.3 is 5.97 Å². The number of nitrogens with zero attached hydrogens (tertiary/aromatic N) is 3. The Hall–Kier alpha value is -4.20. The quantitative estimate of drug-likeness (QED) is 0.176. The van der Waals surface area contributed by atoms with Crippen LogP contribution in [0, 0.1) is 6.92 Å². The molecule has 6 rings (SSSR count). The zero-order valence-corrected chi connectivity index (χ0v) is 27.8. The number of benzene rings is 3. The lowest BCUT2D eigenvalue weighted by atomic mass is 9.98. The Morgan fingerprint density at radius 1 is 1.02 bits per heavy atom. The lowest BCUT2D eigenvalue weighted by Crippen LogP contribution is -2.36. The van der Waals surface area contributed by atoms with Gasteiger partial charge in [-0.3, -0.25) is 10.2 Å². The Balaban J connectivity index is 1.26. The first-order valence-electron chi connectivity index (χ1n) is 16.6. The predicted molar refractivity (Wildman–Crippen MR) is 185 cm³/mol. The molecule has 2 unspecified atom stereocenters. The second-order valence-electron chi connectivity index (χ2n) is 13.3. The van der Waals surface area contributed by atoms with Gasteiger partial charge in [-0.05, 0) is 68.5 Å². The van der Waals surface area contributed by atoms with Crippen LogP contribution in [-0.4, -0.2) is 57.9 Å². The molecule has 3 aromatic carbocycles. The molecule has 2 atom stereocenters. The van der Waals surface area contributed by atoms with E-state index in [4.69, 9.17) is 14.5 Å². The van der Waals surface area contributed by atoms with Gasteiger partial charge in [0, 0.05) is 38.3 Å². The number of carbonyl (C=O) groups excluding carboxylic acids is 1. The van der Waals surface area contributed by atoms with Crippen LogP contribution in [0.2, 0.25) is 0 Å². The summed E-state index contributed by atoms with van der Waals surface area (Å²) in [7, 11) is 0. The van der Waals surface area contributed by atoms with Crippen LogP contribution in [0.15, 0.2) is 85.0 Å². The Morgan fingerprint density at radius 2 is 1.80 bits per heavy atom.